The maximum Gasteiger partial charge on any atom is 0.131 e. The number of benzene rings is 2. The summed E-state index contributed by atoms with van der Waals surface area (Å²) in [6.45, 7) is 9.97. The van der Waals surface area contributed by atoms with Crippen LogP contribution in [0.1, 0.15) is 24.0 Å². The van der Waals surface area contributed by atoms with E-state index in [2.05, 4.69) is 36.4 Å². The molecule has 0 aliphatic carbocycles. The molecule has 2 heterocycles. The Morgan fingerprint density at radius 1 is 0.767 bits per heavy atom. The van der Waals surface area contributed by atoms with Gasteiger partial charge in [0.1, 0.15) is 50.8 Å². The van der Waals surface area contributed by atoms with Gasteiger partial charge in [0.25, 0.3) is 0 Å². The second kappa shape index (κ2) is 10.3. The number of ether oxygens (including phenoxy) is 2. The lowest BCUT2D eigenvalue weighted by Gasteiger charge is -2.37. The zero-order valence-electron chi connectivity index (χ0n) is 18.6. The van der Waals surface area contributed by atoms with Crippen LogP contribution in [-0.2, 0) is 13.1 Å². The molecule has 0 unspecified atom stereocenters. The third kappa shape index (κ3) is 5.34. The van der Waals surface area contributed by atoms with Crippen LogP contribution in [-0.4, -0.2) is 59.5 Å². The Labute approximate surface area is 181 Å². The number of rotatable bonds is 7. The van der Waals surface area contributed by atoms with E-state index >= 15 is 0 Å². The molecule has 3 N–H and O–H groups in total. The van der Waals surface area contributed by atoms with Crippen molar-refractivity contribution in [3.63, 3.8) is 0 Å². The molecule has 162 valence electrons. The minimum Gasteiger partial charge on any atom is -0.497 e. The highest BCUT2D eigenvalue weighted by atomic mass is 16.5. The second-order valence-corrected chi connectivity index (χ2v) is 8.95. The van der Waals surface area contributed by atoms with Gasteiger partial charge in [-0.15, -0.1) is 0 Å². The molecule has 2 aliphatic heterocycles. The normalized spacial score (nSPS) is 26.9. The third-order valence-corrected chi connectivity index (χ3v) is 7.10. The van der Waals surface area contributed by atoms with E-state index in [1.807, 2.05) is 17.0 Å². The largest absolute Gasteiger partial charge is 0.497 e. The van der Waals surface area contributed by atoms with E-state index in [0.717, 1.165) is 24.1 Å². The molecule has 30 heavy (non-hydrogen) atoms. The lowest BCUT2D eigenvalue weighted by atomic mass is 10.0. The van der Waals surface area contributed by atoms with Crippen molar-refractivity contribution in [2.24, 2.45) is 0 Å². The van der Waals surface area contributed by atoms with E-state index in [9.17, 15) is 0 Å². The van der Waals surface area contributed by atoms with Crippen molar-refractivity contribution < 1.29 is 24.2 Å². The molecule has 0 aromatic heterocycles. The van der Waals surface area contributed by atoms with Crippen LogP contribution in [0.5, 0.6) is 11.5 Å². The van der Waals surface area contributed by atoms with E-state index in [1.54, 1.807) is 24.0 Å². The molecule has 0 radical (unpaired) electrons. The lowest BCUT2D eigenvalue weighted by molar-refractivity contribution is -1.04. The van der Waals surface area contributed by atoms with E-state index in [-0.39, 0.29) is 0 Å². The highest BCUT2D eigenvalue weighted by Crippen LogP contribution is 2.23. The fourth-order valence-corrected chi connectivity index (χ4v) is 5.27. The van der Waals surface area contributed by atoms with Gasteiger partial charge in [0.05, 0.1) is 33.4 Å². The van der Waals surface area contributed by atoms with Crippen molar-refractivity contribution in [1.82, 2.24) is 0 Å². The minimum absolute atomic E-state index is 0.862. The van der Waals surface area contributed by atoms with Crippen molar-refractivity contribution in [2.75, 3.05) is 53.5 Å². The van der Waals surface area contributed by atoms with Gasteiger partial charge in [-0.3, -0.25) is 0 Å². The summed E-state index contributed by atoms with van der Waals surface area (Å²) >= 11 is 0. The first-order valence-corrected chi connectivity index (χ1v) is 11.5. The molecule has 2 aliphatic rings. The van der Waals surface area contributed by atoms with Gasteiger partial charge >= 0.3 is 0 Å². The first-order valence-electron chi connectivity index (χ1n) is 11.5. The van der Waals surface area contributed by atoms with Gasteiger partial charge in [-0.2, -0.15) is 0 Å². The van der Waals surface area contributed by atoms with Crippen molar-refractivity contribution in [2.45, 2.75) is 32.0 Å². The molecule has 5 heteroatoms. The van der Waals surface area contributed by atoms with Crippen LogP contribution in [0.15, 0.2) is 48.5 Å². The number of piperazine rings is 1. The maximum absolute atomic E-state index is 5.60. The van der Waals surface area contributed by atoms with Gasteiger partial charge in [-0.05, 0) is 12.1 Å². The van der Waals surface area contributed by atoms with E-state index in [0.29, 0.717) is 0 Å². The molecule has 4 rings (SSSR count). The Balaban J connectivity index is 1.22. The molecule has 2 aromatic rings. The Morgan fingerprint density at radius 2 is 1.47 bits per heavy atom. The zero-order chi connectivity index (χ0) is 20.8. The maximum atomic E-state index is 5.60. The Bertz CT molecular complexity index is 782. The van der Waals surface area contributed by atoms with E-state index in [1.165, 1.54) is 69.8 Å². The molecule has 0 spiro atoms. The average Bonchev–Trinajstić information content (AvgIpc) is 2.81. The topological polar surface area (TPSA) is 31.8 Å². The predicted molar refractivity (Wildman–Crippen MR) is 119 cm³/mol. The lowest BCUT2D eigenvalue weighted by Crippen LogP contribution is -3.30. The zero-order valence-corrected chi connectivity index (χ0v) is 18.6. The van der Waals surface area contributed by atoms with Crippen LogP contribution in [0.25, 0.3) is 0 Å². The van der Waals surface area contributed by atoms with Gasteiger partial charge in [0, 0.05) is 30.0 Å². The molecule has 0 saturated carbocycles. The molecular weight excluding hydrogens is 374 g/mol. The summed E-state index contributed by atoms with van der Waals surface area (Å²) in [6.07, 6.45) is 2.75. The summed E-state index contributed by atoms with van der Waals surface area (Å²) in [5.74, 6) is 1.81. The summed E-state index contributed by atoms with van der Waals surface area (Å²) < 4.78 is 10.9. The summed E-state index contributed by atoms with van der Waals surface area (Å²) in [5, 5.41) is 0. The third-order valence-electron chi connectivity index (χ3n) is 7.10. The SMILES string of the molecule is COc1ccc(C[NH+]2CC[NH+](C3CC[NH+](Cc4ccccc4)CC3)CC2)c(OC)c1. The number of hydrogen-bond acceptors (Lipinski definition) is 2. The number of likely N-dealkylation sites (tertiary alicyclic amines) is 1. The highest BCUT2D eigenvalue weighted by Gasteiger charge is 2.33. The van der Waals surface area contributed by atoms with Crippen LogP contribution >= 0.6 is 0 Å². The quantitative estimate of drug-likeness (QED) is 0.558. The van der Waals surface area contributed by atoms with Crippen molar-refractivity contribution in [3.05, 3.63) is 59.7 Å². The molecule has 2 aromatic carbocycles. The number of nitrogens with one attached hydrogen (secondary N) is 3. The highest BCUT2D eigenvalue weighted by molar-refractivity contribution is 5.40. The number of piperidine rings is 1. The predicted octanol–water partition coefficient (Wildman–Crippen LogP) is -0.765. The minimum atomic E-state index is 0.862. The molecule has 0 amide bonds. The molecule has 2 fully saturated rings. The fraction of sp³-hybridized carbons (Fsp3) is 0.520. The van der Waals surface area contributed by atoms with Crippen molar-refractivity contribution in [3.8, 4) is 11.5 Å². The second-order valence-electron chi connectivity index (χ2n) is 8.95. The van der Waals surface area contributed by atoms with E-state index in [4.69, 9.17) is 9.47 Å². The fourth-order valence-electron chi connectivity index (χ4n) is 5.27. The number of methoxy groups -OCH3 is 2. The molecule has 5 nitrogen and oxygen atoms in total. The first kappa shape index (κ1) is 21.2. The summed E-state index contributed by atoms with van der Waals surface area (Å²) in [4.78, 5) is 5.28. The van der Waals surface area contributed by atoms with Gasteiger partial charge in [-0.25, -0.2) is 0 Å². The van der Waals surface area contributed by atoms with E-state index < -0.39 is 0 Å². The van der Waals surface area contributed by atoms with Crippen LogP contribution in [0.3, 0.4) is 0 Å². The Morgan fingerprint density at radius 3 is 2.13 bits per heavy atom. The van der Waals surface area contributed by atoms with Crippen LogP contribution < -0.4 is 24.2 Å². The van der Waals surface area contributed by atoms with Gasteiger partial charge in [0.2, 0.25) is 0 Å². The summed E-state index contributed by atoms with van der Waals surface area (Å²) in [5.41, 5.74) is 2.76. The standard InChI is InChI=1S/C25H35N3O2/c1-29-24-9-8-22(25(18-24)30-2)20-27-14-16-28(17-15-27)23-10-12-26(13-11-23)19-21-6-4-3-5-7-21/h3-9,18,23H,10-17,19-20H2,1-2H3/p+3. The van der Waals surface area contributed by atoms with Gasteiger partial charge in [0.15, 0.2) is 0 Å². The summed E-state index contributed by atoms with van der Waals surface area (Å²) in [7, 11) is 3.46. The van der Waals surface area contributed by atoms with Crippen LogP contribution in [0, 0.1) is 0 Å². The molecule has 2 saturated heterocycles. The average molecular weight is 413 g/mol. The van der Waals surface area contributed by atoms with Crippen molar-refractivity contribution >= 4 is 0 Å². The van der Waals surface area contributed by atoms with Crippen LogP contribution in [0.4, 0.5) is 0 Å². The molecular formula is C25H38N3O2+3. The van der Waals surface area contributed by atoms with Crippen LogP contribution in [0.2, 0.25) is 0 Å². The van der Waals surface area contributed by atoms with Gasteiger partial charge < -0.3 is 24.2 Å². The monoisotopic (exact) mass is 412 g/mol. The number of quaternary nitrogens is 3. The first-order chi connectivity index (χ1) is 14.7. The van der Waals surface area contributed by atoms with Gasteiger partial charge in [-0.1, -0.05) is 30.3 Å². The van der Waals surface area contributed by atoms with Crippen molar-refractivity contribution in [1.29, 1.82) is 0 Å². The molecule has 0 atom stereocenters. The Hall–Kier alpha value is -2.08. The molecule has 0 bridgehead atoms. The smallest absolute Gasteiger partial charge is 0.131 e. The summed E-state index contributed by atoms with van der Waals surface area (Å²) in [6, 6.07) is 18.0. The Kier molecular flexibility index (Phi) is 7.26. The number of hydrogen-bond donors (Lipinski definition) is 3.